The van der Waals surface area contributed by atoms with Crippen molar-refractivity contribution in [3.8, 4) is 11.9 Å². The van der Waals surface area contributed by atoms with Crippen LogP contribution in [0.1, 0.15) is 43.5 Å². The minimum absolute atomic E-state index is 0.0395. The Balaban J connectivity index is 1.42. The molecule has 1 N–H and O–H groups in total. The van der Waals surface area contributed by atoms with Gasteiger partial charge >= 0.3 is 0 Å². The van der Waals surface area contributed by atoms with Crippen molar-refractivity contribution >= 4 is 39.8 Å². The van der Waals surface area contributed by atoms with Crippen LogP contribution in [0.2, 0.25) is 5.02 Å². The van der Waals surface area contributed by atoms with Gasteiger partial charge < -0.3 is 24.3 Å². The zero-order valence-corrected chi connectivity index (χ0v) is 25.5. The first-order valence-corrected chi connectivity index (χ1v) is 15.1. The minimum Gasteiger partial charge on any atom is -0.475 e. The van der Waals surface area contributed by atoms with Gasteiger partial charge in [-0.2, -0.15) is 10.4 Å². The van der Waals surface area contributed by atoms with Crippen LogP contribution in [0.3, 0.4) is 0 Å². The number of amides is 1. The van der Waals surface area contributed by atoms with Gasteiger partial charge in [-0.05, 0) is 52.8 Å². The van der Waals surface area contributed by atoms with Crippen molar-refractivity contribution in [3.05, 3.63) is 52.6 Å². The summed E-state index contributed by atoms with van der Waals surface area (Å²) in [5.74, 6) is -0.316. The second-order valence-electron chi connectivity index (χ2n) is 11.8. The maximum atomic E-state index is 14.9. The molecule has 2 saturated heterocycles. The van der Waals surface area contributed by atoms with Crippen LogP contribution in [0.4, 0.5) is 15.8 Å². The molecule has 3 aliphatic rings. The maximum Gasteiger partial charge on any atom is 0.246 e. The van der Waals surface area contributed by atoms with Crippen molar-refractivity contribution in [2.75, 3.05) is 49.6 Å². The lowest BCUT2D eigenvalue weighted by Crippen LogP contribution is -2.58. The van der Waals surface area contributed by atoms with E-state index in [9.17, 15) is 14.4 Å². The third-order valence-electron chi connectivity index (χ3n) is 9.08. The van der Waals surface area contributed by atoms with Crippen LogP contribution in [0.15, 0.2) is 24.9 Å². The van der Waals surface area contributed by atoms with Crippen molar-refractivity contribution in [2.45, 2.75) is 57.8 Å². The fraction of sp³-hybridized carbons (Fsp3) is 0.484. The van der Waals surface area contributed by atoms with Crippen LogP contribution in [0.5, 0.6) is 5.88 Å². The van der Waals surface area contributed by atoms with Crippen LogP contribution in [-0.4, -0.2) is 88.8 Å². The molecule has 12 heteroatoms. The maximum absolute atomic E-state index is 14.9. The number of fused-ring (bicyclic) bond motifs is 2. The highest BCUT2D eigenvalue weighted by molar-refractivity contribution is 6.35. The van der Waals surface area contributed by atoms with Crippen LogP contribution < -0.4 is 14.5 Å². The number of anilines is 2. The highest BCUT2D eigenvalue weighted by atomic mass is 35.5. The van der Waals surface area contributed by atoms with E-state index in [4.69, 9.17) is 21.3 Å². The molecule has 10 nitrogen and oxygen atoms in total. The number of hydrogen-bond donors (Lipinski definition) is 1. The van der Waals surface area contributed by atoms with Crippen molar-refractivity contribution in [1.82, 2.24) is 25.0 Å². The van der Waals surface area contributed by atoms with Crippen LogP contribution >= 0.6 is 11.6 Å². The summed E-state index contributed by atoms with van der Waals surface area (Å²) in [4.78, 5) is 25.9. The van der Waals surface area contributed by atoms with Gasteiger partial charge in [0.25, 0.3) is 0 Å². The molecule has 0 aliphatic carbocycles. The molecule has 0 unspecified atom stereocenters. The van der Waals surface area contributed by atoms with Gasteiger partial charge in [0.15, 0.2) is 0 Å². The van der Waals surface area contributed by atoms with E-state index in [2.05, 4.69) is 39.7 Å². The highest BCUT2D eigenvalue weighted by Gasteiger charge is 2.37. The Labute approximate surface area is 255 Å². The highest BCUT2D eigenvalue weighted by Crippen LogP contribution is 2.42. The van der Waals surface area contributed by atoms with Crippen molar-refractivity contribution < 1.29 is 13.9 Å². The van der Waals surface area contributed by atoms with Gasteiger partial charge in [0.05, 0.1) is 35.3 Å². The summed E-state index contributed by atoms with van der Waals surface area (Å²) in [7, 11) is 2.09. The molecule has 1 amide bonds. The molecule has 2 aromatic heterocycles. The quantitative estimate of drug-likeness (QED) is 0.415. The lowest BCUT2D eigenvalue weighted by Gasteiger charge is -2.46. The van der Waals surface area contributed by atoms with Crippen molar-refractivity contribution in [1.29, 1.82) is 5.26 Å². The third-order valence-corrected chi connectivity index (χ3v) is 9.44. The Hall–Kier alpha value is -3.88. The number of likely N-dealkylation sites (N-methyl/N-ethyl adjacent to an activating group) is 1. The van der Waals surface area contributed by atoms with Crippen LogP contribution in [-0.2, 0) is 17.8 Å². The molecular weight excluding hydrogens is 571 g/mol. The topological polar surface area (TPSA) is 105 Å². The van der Waals surface area contributed by atoms with Gasteiger partial charge in [-0.15, -0.1) is 0 Å². The number of nitrogens with zero attached hydrogens (tertiary/aromatic N) is 7. The molecule has 0 saturated carbocycles. The summed E-state index contributed by atoms with van der Waals surface area (Å²) in [6, 6.07) is 3.83. The number of aromatic amines is 1. The van der Waals surface area contributed by atoms with Gasteiger partial charge in [-0.25, -0.2) is 9.37 Å². The summed E-state index contributed by atoms with van der Waals surface area (Å²) < 4.78 is 21.2. The predicted molar refractivity (Wildman–Crippen MR) is 164 cm³/mol. The number of halogens is 2. The number of nitriles is 1. The van der Waals surface area contributed by atoms with Gasteiger partial charge in [0.2, 0.25) is 11.8 Å². The Morgan fingerprint density at radius 2 is 2.05 bits per heavy atom. The monoisotopic (exact) mass is 606 g/mol. The number of piperazine rings is 1. The molecule has 0 radical (unpaired) electrons. The fourth-order valence-corrected chi connectivity index (χ4v) is 7.29. The number of nitrogens with one attached hydrogen (secondary N) is 1. The number of pyridine rings is 1. The SMILES string of the molecule is C=CC(=O)N1[C@H](C)CN(c2c(C#N)c(OC[C@@H]3CCCN3C)nc3c2CCN(c2c(Cl)c(F)cc4[nH]ncc24)C3)C[C@@H]1C. The molecule has 3 atom stereocenters. The van der Waals surface area contributed by atoms with E-state index in [-0.39, 0.29) is 29.1 Å². The van der Waals surface area contributed by atoms with E-state index in [1.807, 2.05) is 23.6 Å². The Kier molecular flexibility index (Phi) is 7.92. The van der Waals surface area contributed by atoms with Gasteiger partial charge in [-0.1, -0.05) is 18.2 Å². The standard InChI is InChI=1S/C31H36ClFN8O2/c1-5-27(42)41-18(2)14-40(15-19(41)3)29-21-8-10-39(30-23-13-35-37-25(23)11-24(33)28(30)32)16-26(21)36-31(22(29)12-34)43-17-20-7-6-9-38(20)4/h5,11,13,18-20H,1,6-10,14-17H2,2-4H3,(H,35,37)/t18-,19+,20-/m0/s1. The molecule has 3 aliphatic heterocycles. The molecule has 0 bridgehead atoms. The first-order chi connectivity index (χ1) is 20.7. The number of H-pyrrole nitrogens is 1. The molecule has 6 rings (SSSR count). The zero-order valence-electron chi connectivity index (χ0n) is 24.7. The molecule has 1 aromatic carbocycles. The lowest BCUT2D eigenvalue weighted by atomic mass is 9.96. The summed E-state index contributed by atoms with van der Waals surface area (Å²) in [6.45, 7) is 11.2. The Morgan fingerprint density at radius 3 is 2.72 bits per heavy atom. The van der Waals surface area contributed by atoms with E-state index in [0.29, 0.717) is 61.9 Å². The number of carbonyl (C=O) groups excluding carboxylic acids is 1. The lowest BCUT2D eigenvalue weighted by molar-refractivity contribution is -0.130. The van der Waals surface area contributed by atoms with Gasteiger partial charge in [0.1, 0.15) is 29.1 Å². The van der Waals surface area contributed by atoms with Gasteiger partial charge in [-0.3, -0.25) is 9.89 Å². The summed E-state index contributed by atoms with van der Waals surface area (Å²) in [5, 5.41) is 18.2. The van der Waals surface area contributed by atoms with Crippen LogP contribution in [0.25, 0.3) is 10.9 Å². The Bertz CT molecular complexity index is 1610. The summed E-state index contributed by atoms with van der Waals surface area (Å²) >= 11 is 6.54. The molecular formula is C31H36ClFN8O2. The second kappa shape index (κ2) is 11.7. The number of likely N-dealkylation sites (tertiary alicyclic amines) is 1. The molecule has 43 heavy (non-hydrogen) atoms. The van der Waals surface area contributed by atoms with E-state index < -0.39 is 5.82 Å². The average Bonchev–Trinajstić information content (AvgIpc) is 3.63. The van der Waals surface area contributed by atoms with E-state index in [1.165, 1.54) is 12.1 Å². The van der Waals surface area contributed by atoms with Gasteiger partial charge in [0, 0.05) is 54.8 Å². The number of hydrogen-bond acceptors (Lipinski definition) is 8. The minimum atomic E-state index is -0.521. The van der Waals surface area contributed by atoms with E-state index >= 15 is 0 Å². The number of ether oxygens (including phenoxy) is 1. The molecule has 3 aromatic rings. The number of benzene rings is 1. The number of aromatic nitrogens is 3. The zero-order chi connectivity index (χ0) is 30.4. The first-order valence-electron chi connectivity index (χ1n) is 14.8. The largest absolute Gasteiger partial charge is 0.475 e. The van der Waals surface area contributed by atoms with E-state index in [1.54, 1.807) is 6.20 Å². The summed E-state index contributed by atoms with van der Waals surface area (Å²) in [6.07, 6.45) is 5.71. The van der Waals surface area contributed by atoms with Crippen molar-refractivity contribution in [2.24, 2.45) is 0 Å². The Morgan fingerprint density at radius 1 is 1.28 bits per heavy atom. The number of carbonyl (C=O) groups is 1. The molecule has 5 heterocycles. The molecule has 0 spiro atoms. The normalized spacial score (nSPS) is 22.5. The fourth-order valence-electron chi connectivity index (χ4n) is 7.02. The van der Waals surface area contributed by atoms with Crippen molar-refractivity contribution in [3.63, 3.8) is 0 Å². The summed E-state index contributed by atoms with van der Waals surface area (Å²) in [5.41, 5.74) is 4.09. The van der Waals surface area contributed by atoms with Crippen LogP contribution in [0, 0.1) is 17.1 Å². The molecule has 226 valence electrons. The number of rotatable bonds is 6. The second-order valence-corrected chi connectivity index (χ2v) is 12.2. The predicted octanol–water partition coefficient (Wildman–Crippen LogP) is 4.27. The third kappa shape index (κ3) is 5.17. The van der Waals surface area contributed by atoms with E-state index in [0.717, 1.165) is 41.7 Å². The first kappa shape index (κ1) is 29.2. The molecule has 2 fully saturated rings. The smallest absolute Gasteiger partial charge is 0.246 e. The average molecular weight is 607 g/mol.